The molecule has 2 aromatic heterocycles. The molecule has 8 nitrogen and oxygen atoms in total. The molecule has 3 aliphatic rings. The van der Waals surface area contributed by atoms with Crippen LogP contribution in [0.3, 0.4) is 0 Å². The number of aromatic nitrogens is 2. The van der Waals surface area contributed by atoms with Gasteiger partial charge in [0.2, 0.25) is 0 Å². The van der Waals surface area contributed by atoms with Gasteiger partial charge >= 0.3 is 0 Å². The molecule has 8 heteroatoms. The first-order valence-electron chi connectivity index (χ1n) is 19.5. The predicted molar refractivity (Wildman–Crippen MR) is 213 cm³/mol. The Kier molecular flexibility index (Phi) is 10.0. The number of nitrogens with one attached hydrogen (secondary N) is 1. The first kappa shape index (κ1) is 35.4. The Bertz CT molecular complexity index is 2060. The molecule has 1 atom stereocenters. The molecule has 1 unspecified atom stereocenters. The fraction of sp³-hybridized carbons (Fsp3) is 0.422. The summed E-state index contributed by atoms with van der Waals surface area (Å²) < 4.78 is 11.9. The molecular weight excluding hydrogens is 659 g/mol. The second kappa shape index (κ2) is 15.0. The highest BCUT2D eigenvalue weighted by Gasteiger charge is 2.50. The van der Waals surface area contributed by atoms with E-state index in [4.69, 9.17) is 9.47 Å². The minimum absolute atomic E-state index is 0.386. The number of carbonyl (C=O) groups is 1. The zero-order chi connectivity index (χ0) is 36.5. The van der Waals surface area contributed by atoms with Crippen molar-refractivity contribution in [3.05, 3.63) is 113 Å². The van der Waals surface area contributed by atoms with Crippen LogP contribution < -0.4 is 14.4 Å². The zero-order valence-corrected chi connectivity index (χ0v) is 31.7. The number of H-pyrrole nitrogens is 1. The van der Waals surface area contributed by atoms with Crippen LogP contribution in [0.4, 0.5) is 5.69 Å². The third kappa shape index (κ3) is 7.19. The molecule has 3 aromatic carbocycles. The molecule has 1 spiro atoms. The summed E-state index contributed by atoms with van der Waals surface area (Å²) in [5, 5.41) is 0.975. The van der Waals surface area contributed by atoms with E-state index in [0.29, 0.717) is 40.5 Å². The maximum atomic E-state index is 12.0. The monoisotopic (exact) mass is 711 g/mol. The van der Waals surface area contributed by atoms with Crippen molar-refractivity contribution in [3.63, 3.8) is 0 Å². The van der Waals surface area contributed by atoms with Crippen molar-refractivity contribution in [3.8, 4) is 17.2 Å². The molecule has 2 saturated heterocycles. The summed E-state index contributed by atoms with van der Waals surface area (Å²) >= 11 is 0. The summed E-state index contributed by atoms with van der Waals surface area (Å²) in [5.41, 5.74) is 8.51. The number of piperazine rings is 1. The second-order valence-electron chi connectivity index (χ2n) is 15.8. The Labute approximate surface area is 314 Å². The topological polar surface area (TPSA) is 73.9 Å². The third-order valence-corrected chi connectivity index (χ3v) is 12.3. The Morgan fingerprint density at radius 3 is 2.57 bits per heavy atom. The minimum atomic E-state index is 0.386. The molecule has 0 radical (unpaired) electrons. The van der Waals surface area contributed by atoms with Crippen molar-refractivity contribution in [2.45, 2.75) is 77.4 Å². The second-order valence-corrected chi connectivity index (χ2v) is 15.8. The van der Waals surface area contributed by atoms with Gasteiger partial charge in [-0.15, -0.1) is 0 Å². The number of hydrogen-bond donors (Lipinski definition) is 1. The molecule has 3 fully saturated rings. The summed E-state index contributed by atoms with van der Waals surface area (Å²) in [6.45, 7) is 13.1. The van der Waals surface area contributed by atoms with E-state index in [1.165, 1.54) is 47.9 Å². The van der Waals surface area contributed by atoms with Crippen LogP contribution in [0.5, 0.6) is 17.2 Å². The third-order valence-electron chi connectivity index (χ3n) is 12.3. The highest BCUT2D eigenvalue weighted by molar-refractivity contribution is 5.81. The minimum Gasteiger partial charge on any atom is -0.496 e. The molecule has 1 saturated carbocycles. The summed E-state index contributed by atoms with van der Waals surface area (Å²) in [4.78, 5) is 27.5. The maximum absolute atomic E-state index is 12.0. The molecule has 1 aliphatic carbocycles. The number of aryl methyl sites for hydroxylation is 1. The quantitative estimate of drug-likeness (QED) is 0.137. The van der Waals surface area contributed by atoms with Crippen LogP contribution in [0, 0.1) is 5.41 Å². The van der Waals surface area contributed by atoms with Gasteiger partial charge in [-0.3, -0.25) is 14.6 Å². The Morgan fingerprint density at radius 1 is 0.962 bits per heavy atom. The van der Waals surface area contributed by atoms with Crippen LogP contribution in [0.15, 0.2) is 85.2 Å². The maximum Gasteiger partial charge on any atom is 0.153 e. The van der Waals surface area contributed by atoms with Crippen molar-refractivity contribution in [2.24, 2.45) is 5.41 Å². The number of methoxy groups -OCH3 is 1. The highest BCUT2D eigenvalue weighted by Crippen LogP contribution is 2.53. The van der Waals surface area contributed by atoms with Gasteiger partial charge in [0.05, 0.1) is 18.9 Å². The number of anilines is 1. The van der Waals surface area contributed by atoms with E-state index in [9.17, 15) is 4.79 Å². The Balaban J connectivity index is 0.943. The standard InChI is InChI=1S/C45H53N5O3/c1-5-33-22-32(10-13-42(33)52-4)28-48-20-21-50(41(29-48)40-9-7-6-8-39(40)31(2)3)37-25-45(26-37)15-18-49(19-16-45)36-12-11-35(30-51)43(24-36)53-38-23-34-14-17-46-44(34)47-27-38/h6-14,17,22-24,27,30-31,37,41H,5,15-16,18-21,25-26,28-29H2,1-4H3,(H,46,47). The van der Waals surface area contributed by atoms with Crippen LogP contribution in [-0.2, 0) is 13.0 Å². The number of benzene rings is 3. The highest BCUT2D eigenvalue weighted by atomic mass is 16.5. The predicted octanol–water partition coefficient (Wildman–Crippen LogP) is 9.17. The van der Waals surface area contributed by atoms with E-state index in [-0.39, 0.29) is 0 Å². The number of nitrogens with zero attached hydrogens (tertiary/aromatic N) is 4. The van der Waals surface area contributed by atoms with E-state index >= 15 is 0 Å². The molecule has 4 heterocycles. The first-order chi connectivity index (χ1) is 25.8. The number of aldehydes is 1. The molecule has 1 N–H and O–H groups in total. The number of hydrogen-bond acceptors (Lipinski definition) is 7. The molecular formula is C45H53N5O3. The van der Waals surface area contributed by atoms with E-state index in [2.05, 4.69) is 94.0 Å². The molecule has 53 heavy (non-hydrogen) atoms. The number of rotatable bonds is 11. The number of fused-ring (bicyclic) bond motifs is 1. The SMILES string of the molecule is CCc1cc(CN2CCN(C3CC4(CCN(c5ccc(C=O)c(Oc6cnc7[nH]ccc7c6)c5)CC4)C3)C(c3ccccc3C(C)C)C2)ccc1OC. The molecule has 276 valence electrons. The Morgan fingerprint density at radius 2 is 1.79 bits per heavy atom. The van der Waals surface area contributed by atoms with Crippen LogP contribution in [0.25, 0.3) is 11.0 Å². The molecule has 0 amide bonds. The van der Waals surface area contributed by atoms with Gasteiger partial charge in [0.1, 0.15) is 22.9 Å². The van der Waals surface area contributed by atoms with Crippen molar-refractivity contribution in [1.29, 1.82) is 0 Å². The Hall–Kier alpha value is -4.66. The van der Waals surface area contributed by atoms with Gasteiger partial charge in [0.25, 0.3) is 0 Å². The lowest BCUT2D eigenvalue weighted by Gasteiger charge is -2.58. The average Bonchev–Trinajstić information content (AvgIpc) is 3.65. The molecule has 2 aliphatic heterocycles. The van der Waals surface area contributed by atoms with Crippen LogP contribution in [0.2, 0.25) is 0 Å². The van der Waals surface area contributed by atoms with E-state index < -0.39 is 0 Å². The van der Waals surface area contributed by atoms with Crippen LogP contribution >= 0.6 is 0 Å². The van der Waals surface area contributed by atoms with Gasteiger partial charge < -0.3 is 19.4 Å². The van der Waals surface area contributed by atoms with Crippen LogP contribution in [0.1, 0.15) is 91.0 Å². The van der Waals surface area contributed by atoms with Crippen molar-refractivity contribution in [1.82, 2.24) is 19.8 Å². The number of ether oxygens (including phenoxy) is 2. The van der Waals surface area contributed by atoms with Crippen LogP contribution in [-0.4, -0.2) is 71.9 Å². The number of piperidine rings is 1. The average molecular weight is 712 g/mol. The normalized spacial score (nSPS) is 19.5. The fourth-order valence-corrected chi connectivity index (χ4v) is 9.35. The van der Waals surface area contributed by atoms with Gasteiger partial charge in [-0.25, -0.2) is 4.98 Å². The zero-order valence-electron chi connectivity index (χ0n) is 31.7. The lowest BCUT2D eigenvalue weighted by Crippen LogP contribution is -2.60. The lowest BCUT2D eigenvalue weighted by atomic mass is 9.59. The van der Waals surface area contributed by atoms with Gasteiger partial charge in [0.15, 0.2) is 6.29 Å². The first-order valence-corrected chi connectivity index (χ1v) is 19.5. The smallest absolute Gasteiger partial charge is 0.153 e. The van der Waals surface area contributed by atoms with Crippen molar-refractivity contribution in [2.75, 3.05) is 44.7 Å². The number of aromatic amines is 1. The van der Waals surface area contributed by atoms with Crippen molar-refractivity contribution >= 4 is 23.0 Å². The summed E-state index contributed by atoms with van der Waals surface area (Å²) in [7, 11) is 1.77. The largest absolute Gasteiger partial charge is 0.496 e. The summed E-state index contributed by atoms with van der Waals surface area (Å²) in [6.07, 6.45) is 10.3. The van der Waals surface area contributed by atoms with E-state index in [1.54, 1.807) is 13.3 Å². The van der Waals surface area contributed by atoms with Gasteiger partial charge in [-0.05, 0) is 96.0 Å². The fourth-order valence-electron chi connectivity index (χ4n) is 9.35. The van der Waals surface area contributed by atoms with E-state index in [1.807, 2.05) is 30.5 Å². The number of carbonyl (C=O) groups excluding carboxylic acids is 1. The van der Waals surface area contributed by atoms with Crippen molar-refractivity contribution < 1.29 is 14.3 Å². The number of pyridine rings is 1. The van der Waals surface area contributed by atoms with Gasteiger partial charge in [-0.1, -0.05) is 57.2 Å². The summed E-state index contributed by atoms with van der Waals surface area (Å²) in [5.74, 6) is 2.67. The summed E-state index contributed by atoms with van der Waals surface area (Å²) in [6, 6.07) is 26.8. The molecule has 8 rings (SSSR count). The molecule has 0 bridgehead atoms. The lowest BCUT2D eigenvalue weighted by molar-refractivity contribution is -0.0628. The van der Waals surface area contributed by atoms with Gasteiger partial charge in [0, 0.05) is 74.7 Å². The molecule has 5 aromatic rings. The van der Waals surface area contributed by atoms with Gasteiger partial charge in [-0.2, -0.15) is 0 Å². The van der Waals surface area contributed by atoms with E-state index in [0.717, 1.165) is 74.4 Å².